The van der Waals surface area contributed by atoms with Crippen molar-refractivity contribution in [2.24, 2.45) is 0 Å². The van der Waals surface area contributed by atoms with Crippen LogP contribution in [0.25, 0.3) is 22.5 Å². The number of pyridine rings is 2. The first-order valence-electron chi connectivity index (χ1n) is 11.2. The summed E-state index contributed by atoms with van der Waals surface area (Å²) in [5.74, 6) is -0.0294. The molecule has 4 aromatic heterocycles. The Bertz CT molecular complexity index is 1360. The minimum Gasteiger partial charge on any atom is -0.422 e. The summed E-state index contributed by atoms with van der Waals surface area (Å²) in [6, 6.07) is 5.83. The van der Waals surface area contributed by atoms with E-state index in [1.54, 1.807) is 18.3 Å². The number of carbonyl (C=O) groups excluding carboxylic acids is 1. The monoisotopic (exact) mass is 479 g/mol. The van der Waals surface area contributed by atoms with Crippen LogP contribution in [0.3, 0.4) is 0 Å². The molecule has 34 heavy (non-hydrogen) atoms. The fourth-order valence-electron chi connectivity index (χ4n) is 4.01. The second-order valence-electron chi connectivity index (χ2n) is 9.47. The number of amides is 1. The van der Waals surface area contributed by atoms with Crippen LogP contribution in [-0.4, -0.2) is 61.7 Å². The summed E-state index contributed by atoms with van der Waals surface area (Å²) >= 11 is 5.94. The van der Waals surface area contributed by atoms with Crippen molar-refractivity contribution in [2.75, 3.05) is 31.1 Å². The van der Waals surface area contributed by atoms with Gasteiger partial charge in [-0.05, 0) is 51.5 Å². The molecule has 5 heterocycles. The number of oxazole rings is 1. The molecule has 1 fully saturated rings. The van der Waals surface area contributed by atoms with Crippen molar-refractivity contribution in [3.05, 3.63) is 53.1 Å². The van der Waals surface area contributed by atoms with Crippen LogP contribution < -0.4 is 4.90 Å². The zero-order chi connectivity index (χ0) is 24.0. The van der Waals surface area contributed by atoms with Gasteiger partial charge in [-0.3, -0.25) is 14.5 Å². The molecule has 9 nitrogen and oxygen atoms in total. The second-order valence-corrected chi connectivity index (χ2v) is 9.85. The smallest absolute Gasteiger partial charge is 0.300 e. The van der Waals surface area contributed by atoms with Gasteiger partial charge in [0, 0.05) is 44.1 Å². The summed E-state index contributed by atoms with van der Waals surface area (Å²) in [7, 11) is 0. The minimum atomic E-state index is -0.105. The standard InChI is InChI=1S/C24H26ClN7O2/c1-15-11-16(12-26-20(15)17-13-27-32(14-17)24(2,3)4)22(33)30-7-9-31(10-8-30)23-29-21-18(34-23)5-6-19(25)28-21/h5-6,11-14H,7-10H2,1-4H3. The van der Waals surface area contributed by atoms with Crippen molar-refractivity contribution in [1.82, 2.24) is 29.6 Å². The van der Waals surface area contributed by atoms with Crippen LogP contribution in [-0.2, 0) is 5.54 Å². The SMILES string of the molecule is Cc1cc(C(=O)N2CCN(c3nc4nc(Cl)ccc4o3)CC2)cnc1-c1cnn(C(C)(C)C)c1. The van der Waals surface area contributed by atoms with Gasteiger partial charge in [0.1, 0.15) is 5.15 Å². The highest BCUT2D eigenvalue weighted by Crippen LogP contribution is 2.26. The maximum atomic E-state index is 13.1. The number of fused-ring (bicyclic) bond motifs is 1. The topological polar surface area (TPSA) is 93.2 Å². The number of aryl methyl sites for hydroxylation is 1. The van der Waals surface area contributed by atoms with Gasteiger partial charge in [-0.15, -0.1) is 0 Å². The fourth-order valence-corrected chi connectivity index (χ4v) is 4.15. The quantitative estimate of drug-likeness (QED) is 0.407. The van der Waals surface area contributed by atoms with Gasteiger partial charge in [0.2, 0.25) is 5.65 Å². The van der Waals surface area contributed by atoms with Gasteiger partial charge < -0.3 is 14.2 Å². The third kappa shape index (κ3) is 4.23. The molecule has 10 heteroatoms. The number of rotatable bonds is 3. The summed E-state index contributed by atoms with van der Waals surface area (Å²) in [5.41, 5.74) is 4.26. The Morgan fingerprint density at radius 3 is 2.53 bits per heavy atom. The molecule has 1 amide bonds. The molecule has 0 saturated carbocycles. The van der Waals surface area contributed by atoms with E-state index in [-0.39, 0.29) is 11.4 Å². The van der Waals surface area contributed by atoms with Gasteiger partial charge in [-0.2, -0.15) is 10.1 Å². The lowest BCUT2D eigenvalue weighted by Gasteiger charge is -2.33. The number of carbonyl (C=O) groups is 1. The van der Waals surface area contributed by atoms with E-state index in [1.807, 2.05) is 39.9 Å². The predicted octanol–water partition coefficient (Wildman–Crippen LogP) is 4.16. The van der Waals surface area contributed by atoms with Crippen LogP contribution in [0.4, 0.5) is 6.01 Å². The number of anilines is 1. The normalized spacial score (nSPS) is 14.7. The molecule has 1 aliphatic heterocycles. The van der Waals surface area contributed by atoms with Crippen LogP contribution >= 0.6 is 11.6 Å². The highest BCUT2D eigenvalue weighted by Gasteiger charge is 2.26. The summed E-state index contributed by atoms with van der Waals surface area (Å²) in [6.07, 6.45) is 5.46. The molecule has 0 unspecified atom stereocenters. The van der Waals surface area contributed by atoms with E-state index in [4.69, 9.17) is 16.0 Å². The van der Waals surface area contributed by atoms with Gasteiger partial charge in [0.15, 0.2) is 5.58 Å². The number of hydrogen-bond acceptors (Lipinski definition) is 7. The molecule has 0 aromatic carbocycles. The molecule has 176 valence electrons. The molecule has 1 saturated heterocycles. The molecule has 0 atom stereocenters. The molecular formula is C24H26ClN7O2. The molecule has 5 rings (SSSR count). The molecule has 0 aliphatic carbocycles. The van der Waals surface area contributed by atoms with Crippen LogP contribution in [0.1, 0.15) is 36.7 Å². The van der Waals surface area contributed by atoms with Crippen molar-refractivity contribution in [3.63, 3.8) is 0 Å². The Hall–Kier alpha value is -3.46. The average molecular weight is 480 g/mol. The highest BCUT2D eigenvalue weighted by atomic mass is 35.5. The van der Waals surface area contributed by atoms with Gasteiger partial charge in [-0.1, -0.05) is 11.6 Å². The first-order valence-corrected chi connectivity index (χ1v) is 11.6. The Balaban J connectivity index is 1.27. The summed E-state index contributed by atoms with van der Waals surface area (Å²) in [4.78, 5) is 30.2. The van der Waals surface area contributed by atoms with E-state index in [9.17, 15) is 4.79 Å². The largest absolute Gasteiger partial charge is 0.422 e. The Morgan fingerprint density at radius 1 is 1.09 bits per heavy atom. The summed E-state index contributed by atoms with van der Waals surface area (Å²) < 4.78 is 7.73. The van der Waals surface area contributed by atoms with Crippen molar-refractivity contribution in [1.29, 1.82) is 0 Å². The lowest BCUT2D eigenvalue weighted by molar-refractivity contribution is 0.0744. The third-order valence-electron chi connectivity index (χ3n) is 5.91. The highest BCUT2D eigenvalue weighted by molar-refractivity contribution is 6.29. The van der Waals surface area contributed by atoms with Gasteiger partial charge in [0.25, 0.3) is 11.9 Å². The van der Waals surface area contributed by atoms with E-state index >= 15 is 0 Å². The number of piperazine rings is 1. The van der Waals surface area contributed by atoms with Crippen LogP contribution in [0.15, 0.2) is 41.2 Å². The Labute approximate surface area is 202 Å². The second kappa shape index (κ2) is 8.39. The lowest BCUT2D eigenvalue weighted by Crippen LogP contribution is -2.49. The minimum absolute atomic E-state index is 0.0294. The molecule has 4 aromatic rings. The Kier molecular flexibility index (Phi) is 5.51. The van der Waals surface area contributed by atoms with Crippen molar-refractivity contribution >= 4 is 34.8 Å². The van der Waals surface area contributed by atoms with E-state index in [0.29, 0.717) is 54.1 Å². The summed E-state index contributed by atoms with van der Waals surface area (Å²) in [6.45, 7) is 10.6. The van der Waals surface area contributed by atoms with Crippen LogP contribution in [0.5, 0.6) is 0 Å². The first-order chi connectivity index (χ1) is 16.2. The average Bonchev–Trinajstić information content (AvgIpc) is 3.46. The predicted molar refractivity (Wildman–Crippen MR) is 130 cm³/mol. The van der Waals surface area contributed by atoms with Crippen LogP contribution in [0.2, 0.25) is 5.15 Å². The van der Waals surface area contributed by atoms with E-state index < -0.39 is 0 Å². The molecule has 0 radical (unpaired) electrons. The molecule has 0 bridgehead atoms. The van der Waals surface area contributed by atoms with Crippen molar-refractivity contribution < 1.29 is 9.21 Å². The van der Waals surface area contributed by atoms with Crippen molar-refractivity contribution in [3.8, 4) is 11.3 Å². The molecular weight excluding hydrogens is 454 g/mol. The Morgan fingerprint density at radius 2 is 1.85 bits per heavy atom. The van der Waals surface area contributed by atoms with Gasteiger partial charge in [0.05, 0.1) is 23.0 Å². The molecule has 0 N–H and O–H groups in total. The van der Waals surface area contributed by atoms with E-state index in [1.165, 1.54) is 0 Å². The zero-order valence-corrected chi connectivity index (χ0v) is 20.4. The van der Waals surface area contributed by atoms with Crippen LogP contribution in [0, 0.1) is 6.92 Å². The van der Waals surface area contributed by atoms with E-state index in [2.05, 4.69) is 40.8 Å². The first kappa shape index (κ1) is 22.3. The molecule has 1 aliphatic rings. The van der Waals surface area contributed by atoms with Gasteiger partial charge >= 0.3 is 0 Å². The molecule has 0 spiro atoms. The maximum absolute atomic E-state index is 13.1. The number of halogens is 1. The fraction of sp³-hybridized carbons (Fsp3) is 0.375. The van der Waals surface area contributed by atoms with E-state index in [0.717, 1.165) is 16.8 Å². The number of aromatic nitrogens is 5. The zero-order valence-electron chi connectivity index (χ0n) is 19.6. The third-order valence-corrected chi connectivity index (χ3v) is 6.12. The van der Waals surface area contributed by atoms with Gasteiger partial charge in [-0.25, -0.2) is 4.98 Å². The van der Waals surface area contributed by atoms with Crippen molar-refractivity contribution in [2.45, 2.75) is 33.2 Å². The lowest BCUT2D eigenvalue weighted by atomic mass is 10.1. The number of hydrogen-bond donors (Lipinski definition) is 0. The number of nitrogens with zero attached hydrogens (tertiary/aromatic N) is 7. The maximum Gasteiger partial charge on any atom is 0.300 e. The summed E-state index contributed by atoms with van der Waals surface area (Å²) in [5, 5.41) is 4.84.